The molecule has 18 heavy (non-hydrogen) atoms. The minimum Gasteiger partial charge on any atom is -0.490 e. The Labute approximate surface area is 99.6 Å². The Balaban J connectivity index is 3.76. The largest absolute Gasteiger partial charge is 0.490 e. The van der Waals surface area contributed by atoms with Gasteiger partial charge in [0.05, 0.1) is 17.6 Å². The van der Waals surface area contributed by atoms with Gasteiger partial charge in [-0.3, -0.25) is 10.1 Å². The summed E-state index contributed by atoms with van der Waals surface area (Å²) in [7, 11) is -3.64. The van der Waals surface area contributed by atoms with E-state index in [1.807, 2.05) is 0 Å². The van der Waals surface area contributed by atoms with E-state index in [1.54, 1.807) is 0 Å². The van der Waals surface area contributed by atoms with Gasteiger partial charge in [-0.25, -0.2) is 27.3 Å². The van der Waals surface area contributed by atoms with E-state index >= 15 is 0 Å². The van der Waals surface area contributed by atoms with Crippen LogP contribution in [-0.4, -0.2) is 25.4 Å². The van der Waals surface area contributed by atoms with Gasteiger partial charge < -0.3 is 4.74 Å². The summed E-state index contributed by atoms with van der Waals surface area (Å²) in [6, 6.07) is 0. The molecular weight excluding hydrogens is 276 g/mol. The summed E-state index contributed by atoms with van der Waals surface area (Å²) in [5.41, 5.74) is -2.10. The third-order valence-electron chi connectivity index (χ3n) is 1.89. The highest BCUT2D eigenvalue weighted by molar-refractivity contribution is 7.89. The van der Waals surface area contributed by atoms with Crippen LogP contribution < -0.4 is 9.88 Å². The lowest BCUT2D eigenvalue weighted by Crippen LogP contribution is -2.17. The average molecular weight is 283 g/mol. The lowest BCUT2D eigenvalue weighted by Gasteiger charge is -2.09. The van der Waals surface area contributed by atoms with Crippen molar-refractivity contribution in [3.05, 3.63) is 21.9 Å². The Hall–Kier alpha value is -1.88. The van der Waals surface area contributed by atoms with Crippen LogP contribution in [0.1, 0.15) is 12.0 Å². The third kappa shape index (κ3) is 2.51. The fourth-order valence-electron chi connectivity index (χ4n) is 1.22. The first-order valence-corrected chi connectivity index (χ1v) is 5.77. The van der Waals surface area contributed by atoms with E-state index in [1.165, 1.54) is 0 Å². The van der Waals surface area contributed by atoms with Gasteiger partial charge in [0, 0.05) is 6.20 Å². The molecule has 0 unspecified atom stereocenters. The Bertz CT molecular complexity index is 589. The molecule has 0 atom stereocenters. The molecule has 1 rings (SSSR count). The molecular formula is C7H7F2N3O5S. The van der Waals surface area contributed by atoms with E-state index in [-0.39, 0.29) is 0 Å². The highest BCUT2D eigenvalue weighted by atomic mass is 32.2. The molecule has 0 fully saturated rings. The number of rotatable bonds is 4. The highest BCUT2D eigenvalue weighted by Crippen LogP contribution is 2.39. The number of nitrogens with two attached hydrogens (primary N) is 1. The van der Waals surface area contributed by atoms with Crippen LogP contribution in [-0.2, 0) is 10.0 Å². The van der Waals surface area contributed by atoms with Crippen LogP contribution in [0.15, 0.2) is 11.2 Å². The molecule has 0 amide bonds. The predicted octanol–water partition coefficient (Wildman–Crippen LogP) is 0.583. The molecule has 1 aromatic rings. The summed E-state index contributed by atoms with van der Waals surface area (Å²) in [5.74, 6) is -0.881. The summed E-state index contributed by atoms with van der Waals surface area (Å²) in [5, 5.41) is 14.3. The zero-order valence-corrected chi connectivity index (χ0v) is 9.65. The second-order valence-electron chi connectivity index (χ2n) is 3.00. The van der Waals surface area contributed by atoms with Gasteiger partial charge in [-0.15, -0.1) is 0 Å². The normalized spacial score (nSPS) is 11.6. The predicted molar refractivity (Wildman–Crippen MR) is 53.8 cm³/mol. The van der Waals surface area contributed by atoms with E-state index < -0.39 is 43.4 Å². The van der Waals surface area contributed by atoms with E-state index in [9.17, 15) is 27.3 Å². The first kappa shape index (κ1) is 14.2. The lowest BCUT2D eigenvalue weighted by atomic mass is 10.2. The van der Waals surface area contributed by atoms with Crippen molar-refractivity contribution in [2.24, 2.45) is 5.14 Å². The van der Waals surface area contributed by atoms with Crippen molar-refractivity contribution < 1.29 is 26.9 Å². The number of pyridine rings is 1. The van der Waals surface area contributed by atoms with Crippen LogP contribution >= 0.6 is 0 Å². The molecule has 0 spiro atoms. The van der Waals surface area contributed by atoms with Crippen molar-refractivity contribution >= 4 is 15.7 Å². The molecule has 2 N–H and O–H groups in total. The molecule has 1 heterocycles. The van der Waals surface area contributed by atoms with Gasteiger partial charge in [0.15, 0.2) is 0 Å². The molecule has 0 aliphatic carbocycles. The molecule has 11 heteroatoms. The average Bonchev–Trinajstić information content (AvgIpc) is 2.25. The quantitative estimate of drug-likeness (QED) is 0.636. The van der Waals surface area contributed by atoms with Gasteiger partial charge in [0.2, 0.25) is 5.75 Å². The number of aromatic nitrogens is 1. The Morgan fingerprint density at radius 3 is 2.44 bits per heavy atom. The Morgan fingerprint density at radius 2 is 2.11 bits per heavy atom. The monoisotopic (exact) mass is 283 g/mol. The SMILES string of the molecule is COc1c(C(F)F)cnc(S(N)(=O)=O)c1[N+](=O)[O-]. The lowest BCUT2D eigenvalue weighted by molar-refractivity contribution is -0.389. The summed E-state index contributed by atoms with van der Waals surface area (Å²) >= 11 is 0. The molecule has 100 valence electrons. The smallest absolute Gasteiger partial charge is 0.349 e. The van der Waals surface area contributed by atoms with Gasteiger partial charge in [-0.1, -0.05) is 0 Å². The Morgan fingerprint density at radius 1 is 1.56 bits per heavy atom. The number of hydrogen-bond donors (Lipinski definition) is 1. The van der Waals surface area contributed by atoms with Crippen molar-refractivity contribution in [2.75, 3.05) is 7.11 Å². The van der Waals surface area contributed by atoms with Crippen LogP contribution in [0.4, 0.5) is 14.5 Å². The van der Waals surface area contributed by atoms with Gasteiger partial charge in [-0.05, 0) is 0 Å². The number of ether oxygens (including phenoxy) is 1. The van der Waals surface area contributed by atoms with Gasteiger partial charge in [-0.2, -0.15) is 0 Å². The third-order valence-corrected chi connectivity index (χ3v) is 2.73. The number of alkyl halides is 2. The molecule has 0 aliphatic heterocycles. The van der Waals surface area contributed by atoms with E-state index in [0.29, 0.717) is 6.20 Å². The topological polar surface area (TPSA) is 125 Å². The maximum Gasteiger partial charge on any atom is 0.349 e. The van der Waals surface area contributed by atoms with Crippen molar-refractivity contribution in [1.29, 1.82) is 0 Å². The van der Waals surface area contributed by atoms with Crippen molar-refractivity contribution in [3.63, 3.8) is 0 Å². The van der Waals surface area contributed by atoms with Gasteiger partial charge in [0.1, 0.15) is 0 Å². The second kappa shape index (κ2) is 4.78. The number of halogens is 2. The molecule has 0 aliphatic rings. The number of nitrogens with zero attached hydrogens (tertiary/aromatic N) is 2. The minimum atomic E-state index is -4.53. The fraction of sp³-hybridized carbons (Fsp3) is 0.286. The second-order valence-corrected chi connectivity index (χ2v) is 4.48. The number of nitro groups is 1. The number of hydrogen-bond acceptors (Lipinski definition) is 6. The number of sulfonamides is 1. The minimum absolute atomic E-state index is 0.468. The summed E-state index contributed by atoms with van der Waals surface area (Å²) in [6.07, 6.45) is -2.64. The zero-order valence-electron chi connectivity index (χ0n) is 8.83. The molecule has 0 saturated heterocycles. The van der Waals surface area contributed by atoms with Gasteiger partial charge in [0.25, 0.3) is 21.5 Å². The molecule has 0 aromatic carbocycles. The molecule has 0 saturated carbocycles. The van der Waals surface area contributed by atoms with E-state index in [0.717, 1.165) is 7.11 Å². The van der Waals surface area contributed by atoms with E-state index in [2.05, 4.69) is 9.72 Å². The van der Waals surface area contributed by atoms with Crippen LogP contribution in [0.3, 0.4) is 0 Å². The van der Waals surface area contributed by atoms with Crippen LogP contribution in [0.5, 0.6) is 5.75 Å². The fourth-order valence-corrected chi connectivity index (χ4v) is 1.86. The molecule has 8 nitrogen and oxygen atoms in total. The summed E-state index contributed by atoms with van der Waals surface area (Å²) < 4.78 is 51.7. The van der Waals surface area contributed by atoms with Crippen molar-refractivity contribution in [1.82, 2.24) is 4.98 Å². The number of methoxy groups -OCH3 is 1. The van der Waals surface area contributed by atoms with Crippen LogP contribution in [0.2, 0.25) is 0 Å². The first-order valence-electron chi connectivity index (χ1n) is 4.22. The number of primary sulfonamides is 1. The van der Waals surface area contributed by atoms with Crippen LogP contribution in [0, 0.1) is 10.1 Å². The first-order chi connectivity index (χ1) is 8.20. The molecule has 0 bridgehead atoms. The maximum absolute atomic E-state index is 12.6. The van der Waals surface area contributed by atoms with Crippen molar-refractivity contribution in [2.45, 2.75) is 11.5 Å². The molecule has 0 radical (unpaired) electrons. The summed E-state index contributed by atoms with van der Waals surface area (Å²) in [4.78, 5) is 12.6. The Kier molecular flexibility index (Phi) is 3.76. The van der Waals surface area contributed by atoms with E-state index in [4.69, 9.17) is 5.14 Å². The highest BCUT2D eigenvalue weighted by Gasteiger charge is 2.34. The van der Waals surface area contributed by atoms with Crippen molar-refractivity contribution in [3.8, 4) is 5.75 Å². The maximum atomic E-state index is 12.6. The zero-order chi connectivity index (χ0) is 14.1. The summed E-state index contributed by atoms with van der Waals surface area (Å²) in [6.45, 7) is 0. The van der Waals surface area contributed by atoms with Crippen LogP contribution in [0.25, 0.3) is 0 Å². The molecule has 1 aromatic heterocycles. The van der Waals surface area contributed by atoms with Gasteiger partial charge >= 0.3 is 5.69 Å². The standard InChI is InChI=1S/C7H7F2N3O5S/c1-17-5-3(6(8)9)2-11-7(18(10,15)16)4(5)12(13)14/h2,6H,1H3,(H2,10,15,16).